The van der Waals surface area contributed by atoms with Crippen LogP contribution in [-0.2, 0) is 19.2 Å². The van der Waals surface area contributed by atoms with Gasteiger partial charge in [-0.15, -0.1) is 0 Å². The van der Waals surface area contributed by atoms with Crippen LogP contribution in [-0.4, -0.2) is 77.8 Å². The molecule has 3 amide bonds. The van der Waals surface area contributed by atoms with Crippen molar-refractivity contribution in [3.63, 3.8) is 0 Å². The Morgan fingerprint density at radius 1 is 1.15 bits per heavy atom. The predicted octanol–water partition coefficient (Wildman–Crippen LogP) is -1.69. The van der Waals surface area contributed by atoms with Gasteiger partial charge in [-0.25, -0.2) is 4.79 Å². The maximum Gasteiger partial charge on any atom is 0.326 e. The number of nitrogens with one attached hydrogen (secondary N) is 4. The van der Waals surface area contributed by atoms with Crippen molar-refractivity contribution in [1.29, 1.82) is 0 Å². The molecule has 1 aliphatic heterocycles. The van der Waals surface area contributed by atoms with Gasteiger partial charge in [0.1, 0.15) is 18.1 Å². The third kappa shape index (κ3) is 9.86. The smallest absolute Gasteiger partial charge is 0.326 e. The van der Waals surface area contributed by atoms with Crippen molar-refractivity contribution in [1.82, 2.24) is 21.3 Å². The van der Waals surface area contributed by atoms with Crippen LogP contribution in [0.3, 0.4) is 0 Å². The fraction of sp³-hybridized carbons (Fsp3) is 0.750. The largest absolute Gasteiger partial charge is 0.480 e. The lowest BCUT2D eigenvalue weighted by molar-refractivity contribution is -0.143. The number of carbonyl (C=O) groups is 4. The van der Waals surface area contributed by atoms with Crippen molar-refractivity contribution < 1.29 is 24.3 Å². The first-order chi connectivity index (χ1) is 15.6. The summed E-state index contributed by atoms with van der Waals surface area (Å²) >= 11 is 4.13. The van der Waals surface area contributed by atoms with Gasteiger partial charge in [-0.05, 0) is 38.1 Å². The van der Waals surface area contributed by atoms with Gasteiger partial charge in [-0.3, -0.25) is 19.4 Å². The number of aliphatic carboxylic acids is 1. The lowest BCUT2D eigenvalue weighted by Gasteiger charge is -2.26. The molecule has 0 radical (unpaired) electrons. The van der Waals surface area contributed by atoms with Gasteiger partial charge < -0.3 is 37.8 Å². The van der Waals surface area contributed by atoms with Crippen LogP contribution in [0.2, 0.25) is 0 Å². The van der Waals surface area contributed by atoms with Crippen molar-refractivity contribution in [2.75, 3.05) is 18.8 Å². The molecule has 0 aromatic heterocycles. The van der Waals surface area contributed by atoms with Crippen LogP contribution in [0.5, 0.6) is 0 Å². The average molecular weight is 488 g/mol. The molecule has 0 saturated carbocycles. The average Bonchev–Trinajstić information content (AvgIpc) is 3.31. The number of thiol groups is 1. The SMILES string of the molecule is CCC(C)C(NC(=O)C(CS)NC(=O)C(CCCN=C(N)N)NC(=O)C1CCCN1)C(=O)O. The van der Waals surface area contributed by atoms with E-state index < -0.39 is 35.9 Å². The van der Waals surface area contributed by atoms with Gasteiger partial charge in [0.25, 0.3) is 0 Å². The summed E-state index contributed by atoms with van der Waals surface area (Å²) < 4.78 is 0. The zero-order valence-corrected chi connectivity index (χ0v) is 20.1. The number of hydrogen-bond donors (Lipinski definition) is 8. The highest BCUT2D eigenvalue weighted by atomic mass is 32.1. The number of hydrogen-bond acceptors (Lipinski definition) is 7. The van der Waals surface area contributed by atoms with Crippen molar-refractivity contribution >= 4 is 42.3 Å². The second kappa shape index (κ2) is 14.6. The van der Waals surface area contributed by atoms with Gasteiger partial charge >= 0.3 is 5.97 Å². The van der Waals surface area contributed by atoms with Crippen LogP contribution in [0, 0.1) is 5.92 Å². The minimum absolute atomic E-state index is 0.0523. The van der Waals surface area contributed by atoms with E-state index in [0.717, 1.165) is 13.0 Å². The monoisotopic (exact) mass is 487 g/mol. The molecule has 0 bridgehead atoms. The fourth-order valence-electron chi connectivity index (χ4n) is 3.36. The number of aliphatic imine (C=N–C) groups is 1. The number of guanidine groups is 1. The van der Waals surface area contributed by atoms with Gasteiger partial charge in [0.05, 0.1) is 6.04 Å². The number of carbonyl (C=O) groups excluding carboxylic acids is 3. The summed E-state index contributed by atoms with van der Waals surface area (Å²) in [4.78, 5) is 53.5. The van der Waals surface area contributed by atoms with E-state index in [1.54, 1.807) is 6.92 Å². The molecule has 5 atom stereocenters. The van der Waals surface area contributed by atoms with E-state index in [0.29, 0.717) is 19.3 Å². The van der Waals surface area contributed by atoms with Gasteiger partial charge in [0.2, 0.25) is 17.7 Å². The summed E-state index contributed by atoms with van der Waals surface area (Å²) in [5.41, 5.74) is 10.6. The summed E-state index contributed by atoms with van der Waals surface area (Å²) in [5.74, 6) is -3.12. The lowest BCUT2D eigenvalue weighted by atomic mass is 9.99. The zero-order valence-electron chi connectivity index (χ0n) is 19.2. The molecule has 9 N–H and O–H groups in total. The third-order valence-corrected chi connectivity index (χ3v) is 5.91. The molecule has 0 aliphatic carbocycles. The van der Waals surface area contributed by atoms with Crippen LogP contribution in [0.4, 0.5) is 0 Å². The molecule has 1 heterocycles. The Bertz CT molecular complexity index is 711. The highest BCUT2D eigenvalue weighted by molar-refractivity contribution is 7.80. The number of carboxylic acid groups (broad SMARTS) is 1. The molecule has 1 saturated heterocycles. The molecule has 5 unspecified atom stereocenters. The molecule has 13 heteroatoms. The van der Waals surface area contributed by atoms with Gasteiger partial charge in [0.15, 0.2) is 5.96 Å². The van der Waals surface area contributed by atoms with Crippen molar-refractivity contribution in [3.8, 4) is 0 Å². The van der Waals surface area contributed by atoms with Gasteiger partial charge in [-0.2, -0.15) is 12.6 Å². The topological polar surface area (TPSA) is 201 Å². The molecule has 33 heavy (non-hydrogen) atoms. The van der Waals surface area contributed by atoms with E-state index in [1.165, 1.54) is 0 Å². The number of amides is 3. The summed E-state index contributed by atoms with van der Waals surface area (Å²) in [6.07, 6.45) is 2.74. The molecule has 188 valence electrons. The second-order valence-electron chi connectivity index (χ2n) is 8.11. The predicted molar refractivity (Wildman–Crippen MR) is 128 cm³/mol. The van der Waals surface area contributed by atoms with Crippen LogP contribution in [0.25, 0.3) is 0 Å². The molecule has 1 rings (SSSR count). The summed E-state index contributed by atoms with van der Waals surface area (Å²) in [7, 11) is 0. The van der Waals surface area contributed by atoms with Gasteiger partial charge in [0, 0.05) is 12.3 Å². The minimum Gasteiger partial charge on any atom is -0.480 e. The van der Waals surface area contributed by atoms with Crippen LogP contribution < -0.4 is 32.7 Å². The van der Waals surface area contributed by atoms with E-state index in [2.05, 4.69) is 38.9 Å². The third-order valence-electron chi connectivity index (χ3n) is 5.55. The van der Waals surface area contributed by atoms with E-state index in [1.807, 2.05) is 6.92 Å². The van der Waals surface area contributed by atoms with Crippen LogP contribution in [0.1, 0.15) is 46.0 Å². The molecule has 12 nitrogen and oxygen atoms in total. The van der Waals surface area contributed by atoms with Crippen LogP contribution in [0.15, 0.2) is 4.99 Å². The highest BCUT2D eigenvalue weighted by Gasteiger charge is 2.32. The van der Waals surface area contributed by atoms with Crippen molar-refractivity contribution in [2.24, 2.45) is 22.4 Å². The molecule has 0 spiro atoms. The molecular weight excluding hydrogens is 450 g/mol. The van der Waals surface area contributed by atoms with E-state index in [-0.39, 0.29) is 42.5 Å². The Kier molecular flexibility index (Phi) is 12.6. The normalized spacial score (nSPS) is 18.9. The maximum absolute atomic E-state index is 12.9. The number of carboxylic acids is 1. The van der Waals surface area contributed by atoms with Crippen molar-refractivity contribution in [2.45, 2.75) is 70.1 Å². The van der Waals surface area contributed by atoms with Gasteiger partial charge in [-0.1, -0.05) is 20.3 Å². The first-order valence-corrected chi connectivity index (χ1v) is 11.8. The van der Waals surface area contributed by atoms with E-state index in [4.69, 9.17) is 11.5 Å². The molecule has 1 fully saturated rings. The Morgan fingerprint density at radius 3 is 2.33 bits per heavy atom. The lowest BCUT2D eigenvalue weighted by Crippen LogP contribution is -2.58. The number of rotatable bonds is 14. The van der Waals surface area contributed by atoms with E-state index >= 15 is 0 Å². The summed E-state index contributed by atoms with van der Waals surface area (Å²) in [6, 6.07) is -3.47. The minimum atomic E-state index is -1.16. The Morgan fingerprint density at radius 2 is 1.82 bits per heavy atom. The maximum atomic E-state index is 12.9. The van der Waals surface area contributed by atoms with E-state index in [9.17, 15) is 24.3 Å². The number of nitrogens with two attached hydrogens (primary N) is 2. The molecule has 0 aromatic rings. The summed E-state index contributed by atoms with van der Waals surface area (Å²) in [6.45, 7) is 4.53. The first kappa shape index (κ1) is 28.5. The zero-order chi connectivity index (χ0) is 25.0. The Labute approximate surface area is 199 Å². The Balaban J connectivity index is 2.84. The molecular formula is C20H37N7O5S. The number of nitrogens with zero attached hydrogens (tertiary/aromatic N) is 1. The molecule has 1 aliphatic rings. The highest BCUT2D eigenvalue weighted by Crippen LogP contribution is 2.09. The van der Waals surface area contributed by atoms with Crippen LogP contribution >= 0.6 is 12.6 Å². The summed E-state index contributed by atoms with van der Waals surface area (Å²) in [5, 5.41) is 20.2. The molecule has 0 aromatic carbocycles. The Hall–Kier alpha value is -2.54. The second-order valence-corrected chi connectivity index (χ2v) is 8.48. The quantitative estimate of drug-likeness (QED) is 0.0613. The van der Waals surface area contributed by atoms with Crippen molar-refractivity contribution in [3.05, 3.63) is 0 Å². The standard InChI is InChI=1S/C20H37N7O5S/c1-3-11(2)15(19(31)32)27-18(30)14(10-33)26-17(29)13(7-5-9-24-20(21)22)25-16(28)12-6-4-8-23-12/h11-15,23,33H,3-10H2,1-2H3,(H,25,28)(H,26,29)(H,27,30)(H,31,32)(H4,21,22,24). The first-order valence-electron chi connectivity index (χ1n) is 11.1. The fourth-order valence-corrected chi connectivity index (χ4v) is 3.61.